The molecule has 2 unspecified atom stereocenters. The molecule has 0 aromatic rings. The Kier molecular flexibility index (Phi) is 2.50. The number of ether oxygens (including phenoxy) is 1. The van der Waals surface area contributed by atoms with Gasteiger partial charge in [-0.15, -0.1) is 0 Å². The normalized spacial score (nSPS) is 30.7. The van der Waals surface area contributed by atoms with E-state index in [1.807, 2.05) is 20.8 Å². The first-order valence-corrected chi connectivity index (χ1v) is 4.27. The third-order valence-electron chi connectivity index (χ3n) is 2.49. The van der Waals surface area contributed by atoms with Crippen molar-refractivity contribution in [2.24, 2.45) is 17.8 Å². The van der Waals surface area contributed by atoms with Crippen LogP contribution in [0.1, 0.15) is 27.2 Å². The first kappa shape index (κ1) is 9.23. The van der Waals surface area contributed by atoms with Crippen LogP contribution in [0.15, 0.2) is 0 Å². The molecule has 0 N–H and O–H groups in total. The lowest BCUT2D eigenvalue weighted by atomic mass is 9.81. The molecular formula is C9H14O3. The molecule has 0 aromatic heterocycles. The Hall–Kier alpha value is -0.860. The maximum absolute atomic E-state index is 11.1. The molecule has 1 aliphatic rings. The highest BCUT2D eigenvalue weighted by Gasteiger charge is 2.36. The third kappa shape index (κ3) is 1.65. The second-order valence-corrected chi connectivity index (χ2v) is 3.69. The first-order chi connectivity index (χ1) is 5.52. The van der Waals surface area contributed by atoms with Crippen molar-refractivity contribution in [2.75, 3.05) is 0 Å². The van der Waals surface area contributed by atoms with Crippen molar-refractivity contribution in [3.63, 3.8) is 0 Å². The Balaban J connectivity index is 2.73. The van der Waals surface area contributed by atoms with Crippen LogP contribution in [0.4, 0.5) is 0 Å². The van der Waals surface area contributed by atoms with Gasteiger partial charge in [-0.05, 0) is 11.8 Å². The van der Waals surface area contributed by atoms with Gasteiger partial charge in [-0.25, -0.2) is 0 Å². The Morgan fingerprint density at radius 1 is 1.42 bits per heavy atom. The van der Waals surface area contributed by atoms with Crippen molar-refractivity contribution in [1.29, 1.82) is 0 Å². The predicted molar refractivity (Wildman–Crippen MR) is 43.2 cm³/mol. The van der Waals surface area contributed by atoms with Crippen LogP contribution in [0.5, 0.6) is 0 Å². The molecule has 0 amide bonds. The van der Waals surface area contributed by atoms with Gasteiger partial charge in [-0.2, -0.15) is 0 Å². The van der Waals surface area contributed by atoms with Crippen LogP contribution in [0.3, 0.4) is 0 Å². The minimum atomic E-state index is -0.378. The minimum absolute atomic E-state index is 0.136. The van der Waals surface area contributed by atoms with Gasteiger partial charge in [0.2, 0.25) is 0 Å². The Morgan fingerprint density at radius 2 is 2.00 bits per heavy atom. The van der Waals surface area contributed by atoms with Crippen LogP contribution in [0.2, 0.25) is 0 Å². The summed E-state index contributed by atoms with van der Waals surface area (Å²) in [5.74, 6) is -0.375. The standard InChI is InChI=1S/C9H14O3/c1-5(2)7-4-8(10)12-9(11)6(7)3/h5-7H,4H2,1-3H3. The summed E-state index contributed by atoms with van der Waals surface area (Å²) in [5.41, 5.74) is 0. The van der Waals surface area contributed by atoms with Crippen molar-refractivity contribution in [3.8, 4) is 0 Å². The van der Waals surface area contributed by atoms with Gasteiger partial charge in [0.15, 0.2) is 0 Å². The average Bonchev–Trinajstić information content (AvgIpc) is 1.96. The number of carbonyl (C=O) groups is 2. The summed E-state index contributed by atoms with van der Waals surface area (Å²) >= 11 is 0. The summed E-state index contributed by atoms with van der Waals surface area (Å²) in [6.45, 7) is 5.86. The number of carbonyl (C=O) groups excluding carboxylic acids is 2. The van der Waals surface area contributed by atoms with E-state index in [-0.39, 0.29) is 23.8 Å². The quantitative estimate of drug-likeness (QED) is 0.441. The molecule has 1 aliphatic heterocycles. The lowest BCUT2D eigenvalue weighted by molar-refractivity contribution is -0.171. The largest absolute Gasteiger partial charge is 0.393 e. The summed E-state index contributed by atoms with van der Waals surface area (Å²) in [6.07, 6.45) is 0.380. The molecule has 0 radical (unpaired) electrons. The predicted octanol–water partition coefficient (Wildman–Crippen LogP) is 1.37. The van der Waals surface area contributed by atoms with Gasteiger partial charge >= 0.3 is 11.9 Å². The number of rotatable bonds is 1. The van der Waals surface area contributed by atoms with Gasteiger partial charge < -0.3 is 4.74 Å². The van der Waals surface area contributed by atoms with E-state index in [0.29, 0.717) is 12.3 Å². The molecule has 1 fully saturated rings. The molecule has 1 saturated heterocycles. The van der Waals surface area contributed by atoms with Crippen LogP contribution in [-0.4, -0.2) is 11.9 Å². The van der Waals surface area contributed by atoms with Gasteiger partial charge in [-0.3, -0.25) is 9.59 Å². The second kappa shape index (κ2) is 3.25. The molecule has 0 saturated carbocycles. The van der Waals surface area contributed by atoms with Crippen LogP contribution >= 0.6 is 0 Å². The first-order valence-electron chi connectivity index (χ1n) is 4.27. The highest BCUT2D eigenvalue weighted by Crippen LogP contribution is 2.29. The van der Waals surface area contributed by atoms with E-state index in [9.17, 15) is 9.59 Å². The Morgan fingerprint density at radius 3 is 2.50 bits per heavy atom. The fourth-order valence-electron chi connectivity index (χ4n) is 1.60. The Labute approximate surface area is 72.1 Å². The van der Waals surface area contributed by atoms with Crippen LogP contribution in [0, 0.1) is 17.8 Å². The van der Waals surface area contributed by atoms with E-state index in [0.717, 1.165) is 0 Å². The molecule has 0 aliphatic carbocycles. The van der Waals surface area contributed by atoms with Crippen molar-refractivity contribution < 1.29 is 14.3 Å². The summed E-state index contributed by atoms with van der Waals surface area (Å²) in [5, 5.41) is 0. The summed E-state index contributed by atoms with van der Waals surface area (Å²) in [6, 6.07) is 0. The maximum atomic E-state index is 11.1. The van der Waals surface area contributed by atoms with E-state index < -0.39 is 0 Å². The van der Waals surface area contributed by atoms with Gasteiger partial charge in [0, 0.05) is 6.42 Å². The molecule has 0 bridgehead atoms. The molecule has 12 heavy (non-hydrogen) atoms. The third-order valence-corrected chi connectivity index (χ3v) is 2.49. The number of hydrogen-bond acceptors (Lipinski definition) is 3. The smallest absolute Gasteiger partial charge is 0.316 e. The fraction of sp³-hybridized carbons (Fsp3) is 0.778. The minimum Gasteiger partial charge on any atom is -0.393 e. The summed E-state index contributed by atoms with van der Waals surface area (Å²) in [4.78, 5) is 22.0. The summed E-state index contributed by atoms with van der Waals surface area (Å²) in [7, 11) is 0. The zero-order valence-electron chi connectivity index (χ0n) is 7.66. The molecule has 1 heterocycles. The SMILES string of the molecule is CC(C)C1CC(=O)OC(=O)C1C. The lowest BCUT2D eigenvalue weighted by Gasteiger charge is -2.28. The molecule has 68 valence electrons. The molecule has 0 aromatic carbocycles. The van der Waals surface area contributed by atoms with E-state index >= 15 is 0 Å². The molecule has 3 heteroatoms. The van der Waals surface area contributed by atoms with Gasteiger partial charge in [0.25, 0.3) is 0 Å². The lowest BCUT2D eigenvalue weighted by Crippen LogP contribution is -2.36. The van der Waals surface area contributed by atoms with Gasteiger partial charge in [0.05, 0.1) is 5.92 Å². The van der Waals surface area contributed by atoms with E-state index in [1.165, 1.54) is 0 Å². The van der Waals surface area contributed by atoms with Gasteiger partial charge in [0.1, 0.15) is 0 Å². The monoisotopic (exact) mass is 170 g/mol. The maximum Gasteiger partial charge on any atom is 0.316 e. The fourth-order valence-corrected chi connectivity index (χ4v) is 1.60. The van der Waals surface area contributed by atoms with E-state index in [2.05, 4.69) is 4.74 Å². The molecule has 1 rings (SSSR count). The van der Waals surface area contributed by atoms with Crippen molar-refractivity contribution in [1.82, 2.24) is 0 Å². The Bertz CT molecular complexity index is 208. The highest BCUT2D eigenvalue weighted by molar-refractivity contribution is 5.89. The van der Waals surface area contributed by atoms with Crippen LogP contribution in [-0.2, 0) is 14.3 Å². The van der Waals surface area contributed by atoms with E-state index in [1.54, 1.807) is 0 Å². The zero-order chi connectivity index (χ0) is 9.30. The number of esters is 2. The molecule has 2 atom stereocenters. The summed E-state index contributed by atoms with van der Waals surface area (Å²) < 4.78 is 4.50. The number of hydrogen-bond donors (Lipinski definition) is 0. The molecule has 3 nitrogen and oxygen atoms in total. The van der Waals surface area contributed by atoms with Crippen molar-refractivity contribution >= 4 is 11.9 Å². The van der Waals surface area contributed by atoms with Crippen LogP contribution in [0.25, 0.3) is 0 Å². The van der Waals surface area contributed by atoms with Crippen molar-refractivity contribution in [2.45, 2.75) is 27.2 Å². The molecule has 0 spiro atoms. The zero-order valence-corrected chi connectivity index (χ0v) is 7.66. The van der Waals surface area contributed by atoms with Crippen molar-refractivity contribution in [3.05, 3.63) is 0 Å². The second-order valence-electron chi connectivity index (χ2n) is 3.69. The average molecular weight is 170 g/mol. The van der Waals surface area contributed by atoms with Gasteiger partial charge in [-0.1, -0.05) is 20.8 Å². The van der Waals surface area contributed by atoms with E-state index in [4.69, 9.17) is 0 Å². The van der Waals surface area contributed by atoms with Crippen LogP contribution < -0.4 is 0 Å². The highest BCUT2D eigenvalue weighted by atomic mass is 16.6. The number of cyclic esters (lactones) is 2. The topological polar surface area (TPSA) is 43.4 Å². The molecular weight excluding hydrogens is 156 g/mol.